The van der Waals surface area contributed by atoms with E-state index >= 15 is 0 Å². The van der Waals surface area contributed by atoms with Gasteiger partial charge in [-0.2, -0.15) is 0 Å². The molecule has 0 bridgehead atoms. The monoisotopic (exact) mass is 261 g/mol. The van der Waals surface area contributed by atoms with E-state index in [0.717, 1.165) is 37.0 Å². The van der Waals surface area contributed by atoms with Crippen molar-refractivity contribution in [1.82, 2.24) is 0 Å². The molecule has 0 aromatic heterocycles. The highest BCUT2D eigenvalue weighted by atomic mass is 16.5. The van der Waals surface area contributed by atoms with Crippen LogP contribution in [0.5, 0.6) is 5.75 Å². The van der Waals surface area contributed by atoms with E-state index in [9.17, 15) is 9.59 Å². The minimum absolute atomic E-state index is 0.00750. The van der Waals surface area contributed by atoms with Gasteiger partial charge in [-0.15, -0.1) is 0 Å². The standard InChI is InChI=1S/C15H19NO3/c1-2-16-13-10-12(6-4-3-5-9-17)7-8-14(13)19-11-15(16)18/h7-10H,2-6,11H2,1H3. The molecule has 1 aliphatic rings. The van der Waals surface area contributed by atoms with Gasteiger partial charge in [-0.3, -0.25) is 4.79 Å². The minimum atomic E-state index is 0.00750. The van der Waals surface area contributed by atoms with E-state index in [2.05, 4.69) is 0 Å². The summed E-state index contributed by atoms with van der Waals surface area (Å²) >= 11 is 0. The van der Waals surface area contributed by atoms with E-state index in [1.54, 1.807) is 4.90 Å². The lowest BCUT2D eigenvalue weighted by atomic mass is 10.1. The number of carbonyl (C=O) groups excluding carboxylic acids is 2. The lowest BCUT2D eigenvalue weighted by Crippen LogP contribution is -2.38. The first-order chi connectivity index (χ1) is 9.26. The highest BCUT2D eigenvalue weighted by molar-refractivity contribution is 5.97. The predicted octanol–water partition coefficient (Wildman–Crippen LogP) is 2.34. The Morgan fingerprint density at radius 1 is 1.37 bits per heavy atom. The zero-order valence-corrected chi connectivity index (χ0v) is 11.2. The lowest BCUT2D eigenvalue weighted by molar-refractivity contribution is -0.121. The second-order valence-corrected chi connectivity index (χ2v) is 4.64. The summed E-state index contributed by atoms with van der Waals surface area (Å²) in [5, 5.41) is 0. The Bertz CT molecular complexity index is 470. The van der Waals surface area contributed by atoms with Crippen molar-refractivity contribution < 1.29 is 14.3 Å². The molecule has 0 fully saturated rings. The van der Waals surface area contributed by atoms with E-state index in [1.807, 2.05) is 25.1 Å². The normalized spacial score (nSPS) is 13.9. The molecule has 0 radical (unpaired) electrons. The fourth-order valence-corrected chi connectivity index (χ4v) is 2.31. The van der Waals surface area contributed by atoms with Gasteiger partial charge in [0.2, 0.25) is 0 Å². The molecular weight excluding hydrogens is 242 g/mol. The van der Waals surface area contributed by atoms with Gasteiger partial charge in [-0.25, -0.2) is 0 Å². The molecule has 1 aromatic rings. The van der Waals surface area contributed by atoms with Crippen LogP contribution in [0.3, 0.4) is 0 Å². The van der Waals surface area contributed by atoms with Gasteiger partial charge in [-0.05, 0) is 43.9 Å². The number of unbranched alkanes of at least 4 members (excludes halogenated alkanes) is 2. The Hall–Kier alpha value is -1.84. The van der Waals surface area contributed by atoms with Crippen LogP contribution in [0.25, 0.3) is 0 Å². The molecule has 4 nitrogen and oxygen atoms in total. The van der Waals surface area contributed by atoms with Crippen molar-refractivity contribution in [3.05, 3.63) is 23.8 Å². The first-order valence-electron chi connectivity index (χ1n) is 6.76. The van der Waals surface area contributed by atoms with Gasteiger partial charge in [0.25, 0.3) is 5.91 Å². The summed E-state index contributed by atoms with van der Waals surface area (Å²) in [5.41, 5.74) is 2.05. The van der Waals surface area contributed by atoms with Gasteiger partial charge in [0, 0.05) is 13.0 Å². The number of anilines is 1. The van der Waals surface area contributed by atoms with E-state index < -0.39 is 0 Å². The van der Waals surface area contributed by atoms with Crippen LogP contribution >= 0.6 is 0 Å². The van der Waals surface area contributed by atoms with Crippen molar-refractivity contribution in [2.45, 2.75) is 32.6 Å². The molecule has 2 rings (SSSR count). The number of rotatable bonds is 6. The van der Waals surface area contributed by atoms with Crippen LogP contribution in [0.2, 0.25) is 0 Å². The first-order valence-corrected chi connectivity index (χ1v) is 6.76. The molecule has 1 heterocycles. The number of nitrogens with zero attached hydrogens (tertiary/aromatic N) is 1. The number of likely N-dealkylation sites (N-methyl/N-ethyl adjacent to an activating group) is 1. The molecule has 0 spiro atoms. The molecule has 1 aromatic carbocycles. The van der Waals surface area contributed by atoms with Crippen molar-refractivity contribution in [1.29, 1.82) is 0 Å². The third-order valence-electron chi connectivity index (χ3n) is 3.32. The Kier molecular flexibility index (Phi) is 4.55. The maximum absolute atomic E-state index is 11.8. The molecule has 1 amide bonds. The average Bonchev–Trinajstić information content (AvgIpc) is 2.43. The van der Waals surface area contributed by atoms with E-state index in [1.165, 1.54) is 5.56 Å². The number of amides is 1. The average molecular weight is 261 g/mol. The fourth-order valence-electron chi connectivity index (χ4n) is 2.31. The van der Waals surface area contributed by atoms with Gasteiger partial charge < -0.3 is 14.4 Å². The zero-order valence-electron chi connectivity index (χ0n) is 11.2. The van der Waals surface area contributed by atoms with Gasteiger partial charge in [0.05, 0.1) is 5.69 Å². The third kappa shape index (κ3) is 3.13. The third-order valence-corrected chi connectivity index (χ3v) is 3.32. The Labute approximate surface area is 113 Å². The SMILES string of the molecule is CCN1C(=O)COc2ccc(CCCCC=O)cc21. The molecule has 0 saturated carbocycles. The largest absolute Gasteiger partial charge is 0.482 e. The zero-order chi connectivity index (χ0) is 13.7. The molecule has 102 valence electrons. The summed E-state index contributed by atoms with van der Waals surface area (Å²) in [6.07, 6.45) is 4.39. The van der Waals surface area contributed by atoms with Gasteiger partial charge >= 0.3 is 0 Å². The summed E-state index contributed by atoms with van der Waals surface area (Å²) in [4.78, 5) is 23.8. The topological polar surface area (TPSA) is 46.6 Å². The lowest BCUT2D eigenvalue weighted by Gasteiger charge is -2.28. The quantitative estimate of drug-likeness (QED) is 0.583. The van der Waals surface area contributed by atoms with Crippen LogP contribution in [0.1, 0.15) is 31.7 Å². The maximum atomic E-state index is 11.8. The molecule has 0 unspecified atom stereocenters. The summed E-state index contributed by atoms with van der Waals surface area (Å²) in [6, 6.07) is 5.99. The second-order valence-electron chi connectivity index (χ2n) is 4.64. The number of hydrogen-bond donors (Lipinski definition) is 0. The van der Waals surface area contributed by atoms with Crippen LogP contribution in [0.15, 0.2) is 18.2 Å². The Balaban J connectivity index is 2.10. The number of aldehydes is 1. The van der Waals surface area contributed by atoms with Crippen LogP contribution in [0.4, 0.5) is 5.69 Å². The maximum Gasteiger partial charge on any atom is 0.265 e. The highest BCUT2D eigenvalue weighted by Crippen LogP contribution is 2.33. The second kappa shape index (κ2) is 6.36. The van der Waals surface area contributed by atoms with Crippen LogP contribution in [-0.4, -0.2) is 25.3 Å². The fraction of sp³-hybridized carbons (Fsp3) is 0.467. The van der Waals surface area contributed by atoms with Gasteiger partial charge in [0.1, 0.15) is 12.0 Å². The van der Waals surface area contributed by atoms with Crippen LogP contribution in [0, 0.1) is 0 Å². The molecule has 0 atom stereocenters. The minimum Gasteiger partial charge on any atom is -0.482 e. The number of fused-ring (bicyclic) bond motifs is 1. The number of ether oxygens (including phenoxy) is 1. The number of hydrogen-bond acceptors (Lipinski definition) is 3. The predicted molar refractivity (Wildman–Crippen MR) is 73.6 cm³/mol. The Morgan fingerprint density at radius 3 is 2.95 bits per heavy atom. The molecule has 0 saturated heterocycles. The van der Waals surface area contributed by atoms with Crippen molar-refractivity contribution >= 4 is 17.9 Å². The highest BCUT2D eigenvalue weighted by Gasteiger charge is 2.24. The summed E-state index contributed by atoms with van der Waals surface area (Å²) in [6.45, 7) is 2.74. The van der Waals surface area contributed by atoms with Crippen LogP contribution in [-0.2, 0) is 16.0 Å². The molecule has 4 heteroatoms. The van der Waals surface area contributed by atoms with E-state index in [-0.39, 0.29) is 12.5 Å². The molecule has 1 aliphatic heterocycles. The number of benzene rings is 1. The molecule has 0 N–H and O–H groups in total. The van der Waals surface area contributed by atoms with Crippen LogP contribution < -0.4 is 9.64 Å². The number of carbonyl (C=O) groups is 2. The molecular formula is C15H19NO3. The van der Waals surface area contributed by atoms with Gasteiger partial charge in [0.15, 0.2) is 6.61 Å². The molecule has 19 heavy (non-hydrogen) atoms. The number of aryl methyl sites for hydroxylation is 1. The smallest absolute Gasteiger partial charge is 0.265 e. The van der Waals surface area contributed by atoms with E-state index in [4.69, 9.17) is 4.74 Å². The Morgan fingerprint density at radius 2 is 2.21 bits per heavy atom. The van der Waals surface area contributed by atoms with Gasteiger partial charge in [-0.1, -0.05) is 6.07 Å². The van der Waals surface area contributed by atoms with Crippen molar-refractivity contribution in [2.24, 2.45) is 0 Å². The van der Waals surface area contributed by atoms with Crippen molar-refractivity contribution in [2.75, 3.05) is 18.1 Å². The summed E-state index contributed by atoms with van der Waals surface area (Å²) < 4.78 is 5.43. The molecule has 0 aliphatic carbocycles. The summed E-state index contributed by atoms with van der Waals surface area (Å²) in [7, 11) is 0. The summed E-state index contributed by atoms with van der Waals surface area (Å²) in [5.74, 6) is 0.784. The van der Waals surface area contributed by atoms with Crippen molar-refractivity contribution in [3.63, 3.8) is 0 Å². The van der Waals surface area contributed by atoms with Crippen molar-refractivity contribution in [3.8, 4) is 5.75 Å². The van der Waals surface area contributed by atoms with E-state index in [0.29, 0.717) is 13.0 Å². The first kappa shape index (κ1) is 13.6.